The summed E-state index contributed by atoms with van der Waals surface area (Å²) in [5, 5.41) is 0. The first-order chi connectivity index (χ1) is 26.4. The maximum atomic E-state index is 12.4. The molecule has 0 N–H and O–H groups in total. The summed E-state index contributed by atoms with van der Waals surface area (Å²) in [5.74, 6) is 0. The Bertz CT molecular complexity index is 1330. The molecule has 1 heterocycles. The average Bonchev–Trinajstić information content (AvgIpc) is 3.46. The number of hydrogen-bond acceptors (Lipinski definition) is 2. The molecule has 2 aromatic rings. The van der Waals surface area contributed by atoms with Gasteiger partial charge in [0.25, 0.3) is 0 Å². The SMILES string of the molecule is CCCCCC1=C(c2cc(CCCC)cc(CCCC)c2)[N+](=[N-])C(c2cc(CCCCC)cc(CCCCC)c2)=C1CCCC.CCC[O][Ni][O]CCC. The van der Waals surface area contributed by atoms with Crippen molar-refractivity contribution in [2.45, 2.75) is 203 Å². The normalized spacial score (nSPS) is 13.0. The van der Waals surface area contributed by atoms with Gasteiger partial charge in [0.15, 0.2) is 0 Å². The van der Waals surface area contributed by atoms with Crippen LogP contribution in [0, 0.1) is 0 Å². The van der Waals surface area contributed by atoms with E-state index in [0.717, 1.165) is 104 Å². The van der Waals surface area contributed by atoms with Crippen molar-refractivity contribution < 1.29 is 27.5 Å². The van der Waals surface area contributed by atoms with E-state index in [2.05, 4.69) is 91.8 Å². The van der Waals surface area contributed by atoms with Gasteiger partial charge in [-0.3, -0.25) is 0 Å². The van der Waals surface area contributed by atoms with Gasteiger partial charge in [-0.25, -0.2) is 4.70 Å². The number of rotatable bonds is 29. The minimum absolute atomic E-state index is 0.781. The van der Waals surface area contributed by atoms with E-state index in [0.29, 0.717) is 0 Å². The summed E-state index contributed by atoms with van der Waals surface area (Å²) in [4.78, 5) is 0. The van der Waals surface area contributed by atoms with Crippen LogP contribution in [0.15, 0.2) is 47.5 Å². The molecule has 308 valence electrons. The second-order valence-electron chi connectivity index (χ2n) is 15.4. The molecule has 54 heavy (non-hydrogen) atoms. The number of hydrogen-bond donors (Lipinski definition) is 0. The van der Waals surface area contributed by atoms with Crippen LogP contribution in [0.2, 0.25) is 0 Å². The molecular formula is C49H80N2NiO2. The van der Waals surface area contributed by atoms with Gasteiger partial charge in [-0.2, -0.15) is 0 Å². The van der Waals surface area contributed by atoms with Crippen LogP contribution in [-0.4, -0.2) is 17.9 Å². The molecule has 0 bridgehead atoms. The molecule has 4 nitrogen and oxygen atoms in total. The molecule has 0 radical (unpaired) electrons. The quantitative estimate of drug-likeness (QED) is 0.0468. The van der Waals surface area contributed by atoms with E-state index in [1.807, 2.05) is 0 Å². The number of unbranched alkanes of at least 4 members (excludes halogenated alkanes) is 9. The van der Waals surface area contributed by atoms with Crippen LogP contribution in [0.5, 0.6) is 0 Å². The Morgan fingerprint density at radius 1 is 0.407 bits per heavy atom. The fourth-order valence-electron chi connectivity index (χ4n) is 7.19. The zero-order valence-electron chi connectivity index (χ0n) is 36.2. The van der Waals surface area contributed by atoms with Crippen molar-refractivity contribution in [3.05, 3.63) is 86.5 Å². The predicted molar refractivity (Wildman–Crippen MR) is 230 cm³/mol. The summed E-state index contributed by atoms with van der Waals surface area (Å²) in [6, 6.07) is 14.5. The molecule has 0 atom stereocenters. The molecule has 0 fully saturated rings. The number of benzene rings is 2. The maximum absolute atomic E-state index is 12.4. The third-order valence-corrected chi connectivity index (χ3v) is 10.8. The van der Waals surface area contributed by atoms with Gasteiger partial charge in [0.1, 0.15) is 0 Å². The molecule has 1 aliphatic rings. The van der Waals surface area contributed by atoms with Crippen molar-refractivity contribution in [2.75, 3.05) is 13.2 Å². The van der Waals surface area contributed by atoms with Gasteiger partial charge in [-0.1, -0.05) is 111 Å². The van der Waals surface area contributed by atoms with Crippen LogP contribution in [0.4, 0.5) is 0 Å². The third-order valence-electron chi connectivity index (χ3n) is 10.2. The first-order valence-electron chi connectivity index (χ1n) is 22.5. The van der Waals surface area contributed by atoms with Crippen molar-refractivity contribution in [1.29, 1.82) is 0 Å². The first-order valence-corrected chi connectivity index (χ1v) is 23.3. The van der Waals surface area contributed by atoms with Crippen molar-refractivity contribution in [3.8, 4) is 0 Å². The summed E-state index contributed by atoms with van der Waals surface area (Å²) >= 11 is 0.942. The molecule has 0 amide bonds. The molecule has 5 heteroatoms. The third kappa shape index (κ3) is 17.4. The molecular weight excluding hydrogens is 707 g/mol. The Morgan fingerprint density at radius 2 is 0.722 bits per heavy atom. The van der Waals surface area contributed by atoms with E-state index in [-0.39, 0.29) is 0 Å². The topological polar surface area (TPSA) is 43.8 Å². The first kappa shape index (κ1) is 48.1. The van der Waals surface area contributed by atoms with Crippen molar-refractivity contribution in [1.82, 2.24) is 0 Å². The molecule has 2 aromatic carbocycles. The molecule has 0 unspecified atom stereocenters. The molecule has 0 spiro atoms. The molecule has 0 saturated carbocycles. The average molecular weight is 788 g/mol. The molecule has 0 saturated heterocycles. The number of allylic oxidation sites excluding steroid dienone is 2. The number of nitrogens with zero attached hydrogens (tertiary/aromatic N) is 2. The van der Waals surface area contributed by atoms with Crippen LogP contribution < -0.4 is 0 Å². The van der Waals surface area contributed by atoms with Crippen LogP contribution in [0.3, 0.4) is 0 Å². The van der Waals surface area contributed by atoms with Crippen molar-refractivity contribution >= 4 is 11.4 Å². The van der Waals surface area contributed by atoms with Gasteiger partial charge in [0.2, 0.25) is 11.4 Å². The molecule has 0 aromatic heterocycles. The molecule has 0 aliphatic carbocycles. The summed E-state index contributed by atoms with van der Waals surface area (Å²) in [6.07, 6.45) is 26.8. The van der Waals surface area contributed by atoms with E-state index in [1.165, 1.54) is 128 Å². The molecule has 1 aliphatic heterocycles. The summed E-state index contributed by atoms with van der Waals surface area (Å²) in [6.45, 7) is 19.4. The minimum atomic E-state index is 0.781. The molecule has 3 rings (SSSR count). The van der Waals surface area contributed by atoms with E-state index in [1.54, 1.807) is 4.70 Å². The standard InChI is InChI=1S/C43H66N2.2C3H7O.Ni/c1-7-13-19-24-36-29-37(25-20-14-8-2)33-39(32-36)42-40(26-18-12-6)41(27-21-15-9-3)43(45(42)44)38-30-34(22-16-10-4)28-35(31-38)23-17-11-5;2*1-2-3-4;/h28-33H,7-27H2,1-6H3;2*2-3H2,1H3;/q;2*-1;+2. The fourth-order valence-corrected chi connectivity index (χ4v) is 7.84. The van der Waals surface area contributed by atoms with Gasteiger partial charge in [-0.05, 0) is 124 Å². The van der Waals surface area contributed by atoms with Crippen LogP contribution >= 0.6 is 0 Å². The van der Waals surface area contributed by atoms with Crippen molar-refractivity contribution in [2.24, 2.45) is 0 Å². The van der Waals surface area contributed by atoms with Crippen LogP contribution in [-0.2, 0) is 48.5 Å². The van der Waals surface area contributed by atoms with E-state index >= 15 is 0 Å². The Kier molecular flexibility index (Phi) is 26.8. The van der Waals surface area contributed by atoms with E-state index in [9.17, 15) is 5.53 Å². The Hall–Kier alpha value is -2.07. The van der Waals surface area contributed by atoms with Crippen LogP contribution in [0.1, 0.15) is 211 Å². The van der Waals surface area contributed by atoms with Gasteiger partial charge >= 0.3 is 62.7 Å². The Balaban J connectivity index is 0.000000990. The second-order valence-corrected chi connectivity index (χ2v) is 16.1. The Morgan fingerprint density at radius 3 is 1.07 bits per heavy atom. The monoisotopic (exact) mass is 787 g/mol. The summed E-state index contributed by atoms with van der Waals surface area (Å²) < 4.78 is 11.6. The number of aryl methyl sites for hydroxylation is 4. The summed E-state index contributed by atoms with van der Waals surface area (Å²) in [5.41, 5.74) is 25.5. The van der Waals surface area contributed by atoms with Crippen molar-refractivity contribution in [3.63, 3.8) is 0 Å². The van der Waals surface area contributed by atoms with Gasteiger partial charge in [0.05, 0.1) is 0 Å². The Labute approximate surface area is 340 Å². The summed E-state index contributed by atoms with van der Waals surface area (Å²) in [7, 11) is 0. The fraction of sp³-hybridized carbons (Fsp3) is 0.673. The predicted octanol–water partition coefficient (Wildman–Crippen LogP) is 15.5. The van der Waals surface area contributed by atoms with Gasteiger partial charge < -0.3 is 5.53 Å². The van der Waals surface area contributed by atoms with E-state index < -0.39 is 0 Å². The van der Waals surface area contributed by atoms with Crippen LogP contribution in [0.25, 0.3) is 16.9 Å². The van der Waals surface area contributed by atoms with Gasteiger partial charge in [0, 0.05) is 22.3 Å². The zero-order chi connectivity index (χ0) is 39.4. The van der Waals surface area contributed by atoms with E-state index in [4.69, 9.17) is 7.76 Å². The van der Waals surface area contributed by atoms with Gasteiger partial charge in [-0.15, -0.1) is 0 Å². The zero-order valence-corrected chi connectivity index (χ0v) is 37.2. The second kappa shape index (κ2) is 30.1.